The zero-order valence-corrected chi connectivity index (χ0v) is 10.6. The molecule has 0 bridgehead atoms. The van der Waals surface area contributed by atoms with Crippen LogP contribution in [0.2, 0.25) is 0 Å². The van der Waals surface area contributed by atoms with E-state index in [0.717, 1.165) is 23.6 Å². The molecule has 0 saturated carbocycles. The lowest BCUT2D eigenvalue weighted by molar-refractivity contribution is 0.128. The van der Waals surface area contributed by atoms with Gasteiger partial charge >= 0.3 is 0 Å². The lowest BCUT2D eigenvalue weighted by Crippen LogP contribution is -2.20. The minimum Gasteiger partial charge on any atom is -0.380 e. The predicted octanol–water partition coefficient (Wildman–Crippen LogP) is 1.19. The Bertz CT molecular complexity index is 522. The molecular formula is C11H17N5O. The summed E-state index contributed by atoms with van der Waals surface area (Å²) in [5.74, 6) is 1.54. The topological polar surface area (TPSA) is 64.3 Å². The summed E-state index contributed by atoms with van der Waals surface area (Å²) in [4.78, 5) is 8.46. The molecule has 0 fully saturated rings. The maximum Gasteiger partial charge on any atom is 0.254 e. The van der Waals surface area contributed by atoms with Gasteiger partial charge in [-0.05, 0) is 20.8 Å². The molecule has 2 rings (SSSR count). The minimum absolute atomic E-state index is 0.140. The molecule has 0 spiro atoms. The average Bonchev–Trinajstić information content (AvgIpc) is 2.76. The Morgan fingerprint density at radius 2 is 2.24 bits per heavy atom. The number of hydrogen-bond acceptors (Lipinski definition) is 5. The molecule has 6 nitrogen and oxygen atoms in total. The standard InChI is InChI=1S/C11H17N5O/c1-7(17-4)5-12-10-8(2)9(3)15-11-13-6-14-16(10)11/h6-7,12H,5H2,1-4H3. The van der Waals surface area contributed by atoms with Gasteiger partial charge in [-0.1, -0.05) is 0 Å². The SMILES string of the molecule is COC(C)CNc1c(C)c(C)nc2ncnn12. The smallest absolute Gasteiger partial charge is 0.254 e. The van der Waals surface area contributed by atoms with Crippen LogP contribution in [0.4, 0.5) is 5.82 Å². The molecule has 0 aliphatic rings. The van der Waals surface area contributed by atoms with Gasteiger partial charge in [-0.3, -0.25) is 0 Å². The summed E-state index contributed by atoms with van der Waals surface area (Å²) in [7, 11) is 1.70. The molecular weight excluding hydrogens is 218 g/mol. The van der Waals surface area contributed by atoms with Crippen LogP contribution >= 0.6 is 0 Å². The highest BCUT2D eigenvalue weighted by atomic mass is 16.5. The van der Waals surface area contributed by atoms with Crippen molar-refractivity contribution >= 4 is 11.6 Å². The summed E-state index contributed by atoms with van der Waals surface area (Å²) in [5, 5.41) is 7.49. The third-order valence-electron chi connectivity index (χ3n) is 2.87. The summed E-state index contributed by atoms with van der Waals surface area (Å²) in [6.45, 7) is 6.71. The van der Waals surface area contributed by atoms with E-state index in [1.807, 2.05) is 20.8 Å². The zero-order chi connectivity index (χ0) is 12.4. The van der Waals surface area contributed by atoms with Crippen molar-refractivity contribution in [2.75, 3.05) is 19.0 Å². The van der Waals surface area contributed by atoms with Crippen molar-refractivity contribution in [3.63, 3.8) is 0 Å². The molecule has 6 heteroatoms. The van der Waals surface area contributed by atoms with E-state index in [-0.39, 0.29) is 6.10 Å². The Hall–Kier alpha value is -1.69. The van der Waals surface area contributed by atoms with E-state index in [4.69, 9.17) is 4.74 Å². The molecule has 0 radical (unpaired) electrons. The Labute approximate surface area is 100 Å². The third-order valence-corrected chi connectivity index (χ3v) is 2.87. The second-order valence-corrected chi connectivity index (χ2v) is 4.07. The number of anilines is 1. The fourth-order valence-electron chi connectivity index (χ4n) is 1.56. The van der Waals surface area contributed by atoms with Crippen LogP contribution in [0.1, 0.15) is 18.2 Å². The van der Waals surface area contributed by atoms with Gasteiger partial charge in [-0.25, -0.2) is 4.98 Å². The van der Waals surface area contributed by atoms with Crippen molar-refractivity contribution in [2.45, 2.75) is 26.9 Å². The van der Waals surface area contributed by atoms with Gasteiger partial charge in [0.05, 0.1) is 6.10 Å². The number of aryl methyl sites for hydroxylation is 1. The van der Waals surface area contributed by atoms with Crippen molar-refractivity contribution in [1.29, 1.82) is 0 Å². The monoisotopic (exact) mass is 235 g/mol. The van der Waals surface area contributed by atoms with E-state index in [0.29, 0.717) is 5.78 Å². The predicted molar refractivity (Wildman–Crippen MR) is 65.2 cm³/mol. The number of fused-ring (bicyclic) bond motifs is 1. The molecule has 0 aliphatic carbocycles. The largest absolute Gasteiger partial charge is 0.380 e. The molecule has 2 aromatic heterocycles. The van der Waals surface area contributed by atoms with Gasteiger partial charge in [0, 0.05) is 24.9 Å². The van der Waals surface area contributed by atoms with Crippen LogP contribution in [-0.4, -0.2) is 39.3 Å². The molecule has 0 aliphatic heterocycles. The van der Waals surface area contributed by atoms with Crippen LogP contribution in [0.3, 0.4) is 0 Å². The Morgan fingerprint density at radius 3 is 2.94 bits per heavy atom. The van der Waals surface area contributed by atoms with Crippen LogP contribution in [0.5, 0.6) is 0 Å². The van der Waals surface area contributed by atoms with Crippen LogP contribution in [0.15, 0.2) is 6.33 Å². The van der Waals surface area contributed by atoms with Crippen molar-refractivity contribution in [2.24, 2.45) is 0 Å². The van der Waals surface area contributed by atoms with Crippen LogP contribution < -0.4 is 5.32 Å². The summed E-state index contributed by atoms with van der Waals surface area (Å²) < 4.78 is 6.93. The number of hydrogen-bond donors (Lipinski definition) is 1. The first-order valence-corrected chi connectivity index (χ1v) is 5.57. The van der Waals surface area contributed by atoms with Crippen LogP contribution in [0.25, 0.3) is 5.78 Å². The van der Waals surface area contributed by atoms with Crippen molar-refractivity contribution in [3.05, 3.63) is 17.6 Å². The second-order valence-electron chi connectivity index (χ2n) is 4.07. The fraction of sp³-hybridized carbons (Fsp3) is 0.545. The lowest BCUT2D eigenvalue weighted by atomic mass is 10.2. The molecule has 17 heavy (non-hydrogen) atoms. The van der Waals surface area contributed by atoms with E-state index >= 15 is 0 Å². The lowest BCUT2D eigenvalue weighted by Gasteiger charge is -2.15. The number of rotatable bonds is 4. The summed E-state index contributed by atoms with van der Waals surface area (Å²) in [6.07, 6.45) is 1.65. The Morgan fingerprint density at radius 1 is 1.47 bits per heavy atom. The highest BCUT2D eigenvalue weighted by Gasteiger charge is 2.11. The molecule has 2 heterocycles. The molecule has 0 amide bonds. The zero-order valence-electron chi connectivity index (χ0n) is 10.6. The minimum atomic E-state index is 0.140. The van der Waals surface area contributed by atoms with Crippen LogP contribution in [0, 0.1) is 13.8 Å². The van der Waals surface area contributed by atoms with E-state index in [1.165, 1.54) is 6.33 Å². The Balaban J connectivity index is 2.36. The molecule has 92 valence electrons. The number of nitrogens with one attached hydrogen (secondary N) is 1. The van der Waals surface area contributed by atoms with Gasteiger partial charge in [0.15, 0.2) is 0 Å². The first-order valence-electron chi connectivity index (χ1n) is 5.57. The van der Waals surface area contributed by atoms with Crippen LogP contribution in [-0.2, 0) is 4.74 Å². The normalized spacial score (nSPS) is 12.9. The number of nitrogens with zero attached hydrogens (tertiary/aromatic N) is 4. The highest BCUT2D eigenvalue weighted by Crippen LogP contribution is 2.17. The molecule has 1 atom stereocenters. The van der Waals surface area contributed by atoms with Crippen molar-refractivity contribution in [3.8, 4) is 0 Å². The summed E-state index contributed by atoms with van der Waals surface area (Å²) in [5.41, 5.74) is 2.03. The fourth-order valence-corrected chi connectivity index (χ4v) is 1.56. The van der Waals surface area contributed by atoms with E-state index in [2.05, 4.69) is 20.4 Å². The first kappa shape index (κ1) is 11.8. The first-order chi connectivity index (χ1) is 8.13. The van der Waals surface area contributed by atoms with Crippen molar-refractivity contribution in [1.82, 2.24) is 19.6 Å². The highest BCUT2D eigenvalue weighted by molar-refractivity contribution is 5.51. The molecule has 2 aromatic rings. The molecule has 0 saturated heterocycles. The maximum absolute atomic E-state index is 5.21. The molecule has 0 aromatic carbocycles. The van der Waals surface area contributed by atoms with Gasteiger partial charge in [-0.15, -0.1) is 0 Å². The second kappa shape index (κ2) is 4.67. The summed E-state index contributed by atoms with van der Waals surface area (Å²) >= 11 is 0. The number of ether oxygens (including phenoxy) is 1. The van der Waals surface area contributed by atoms with Gasteiger partial charge < -0.3 is 10.1 Å². The van der Waals surface area contributed by atoms with Crippen molar-refractivity contribution < 1.29 is 4.74 Å². The average molecular weight is 235 g/mol. The van der Waals surface area contributed by atoms with E-state index < -0.39 is 0 Å². The van der Waals surface area contributed by atoms with Gasteiger partial charge in [-0.2, -0.15) is 14.6 Å². The molecule has 1 unspecified atom stereocenters. The van der Waals surface area contributed by atoms with Gasteiger partial charge in [0.1, 0.15) is 12.1 Å². The van der Waals surface area contributed by atoms with Gasteiger partial charge in [0.2, 0.25) is 0 Å². The number of methoxy groups -OCH3 is 1. The number of aromatic nitrogens is 4. The van der Waals surface area contributed by atoms with E-state index in [9.17, 15) is 0 Å². The Kier molecular flexibility index (Phi) is 3.23. The quantitative estimate of drug-likeness (QED) is 0.862. The third kappa shape index (κ3) is 2.21. The van der Waals surface area contributed by atoms with E-state index in [1.54, 1.807) is 11.6 Å². The molecule has 1 N–H and O–H groups in total. The maximum atomic E-state index is 5.21. The van der Waals surface area contributed by atoms with Gasteiger partial charge in [0.25, 0.3) is 5.78 Å². The summed E-state index contributed by atoms with van der Waals surface area (Å²) in [6, 6.07) is 0.